The molecule has 3 rings (SSSR count). The summed E-state index contributed by atoms with van der Waals surface area (Å²) in [6, 6.07) is 8.98. The van der Waals surface area contributed by atoms with Crippen LogP contribution in [0.2, 0.25) is 0 Å². The molecule has 0 amide bonds. The van der Waals surface area contributed by atoms with E-state index in [-0.39, 0.29) is 6.04 Å². The highest BCUT2D eigenvalue weighted by Gasteiger charge is 2.32. The number of hydrogen-bond donors (Lipinski definition) is 1. The number of ether oxygens (including phenoxy) is 1. The van der Waals surface area contributed by atoms with E-state index in [4.69, 9.17) is 4.74 Å². The van der Waals surface area contributed by atoms with Gasteiger partial charge in [-0.1, -0.05) is 24.3 Å². The van der Waals surface area contributed by atoms with Crippen molar-refractivity contribution in [3.63, 3.8) is 0 Å². The van der Waals surface area contributed by atoms with E-state index in [1.165, 1.54) is 11.1 Å². The van der Waals surface area contributed by atoms with E-state index < -0.39 is 0 Å². The molecule has 4 nitrogen and oxygen atoms in total. The summed E-state index contributed by atoms with van der Waals surface area (Å²) < 4.78 is 7.38. The molecule has 1 unspecified atom stereocenters. The van der Waals surface area contributed by atoms with Crippen LogP contribution in [0.15, 0.2) is 30.5 Å². The van der Waals surface area contributed by atoms with Crippen molar-refractivity contribution in [1.29, 1.82) is 0 Å². The summed E-state index contributed by atoms with van der Waals surface area (Å²) in [4.78, 5) is 0. The second-order valence-corrected chi connectivity index (χ2v) is 5.43. The van der Waals surface area contributed by atoms with E-state index in [1.807, 2.05) is 18.8 Å². The van der Waals surface area contributed by atoms with Crippen LogP contribution in [0.5, 0.6) is 5.75 Å². The Morgan fingerprint density at radius 3 is 2.50 bits per heavy atom. The summed E-state index contributed by atoms with van der Waals surface area (Å²) in [6.07, 6.45) is 4.01. The minimum atomic E-state index is 0.254. The third kappa shape index (κ3) is 2.10. The Hall–Kier alpha value is -1.81. The number of benzene rings is 1. The van der Waals surface area contributed by atoms with Gasteiger partial charge in [-0.3, -0.25) is 4.68 Å². The SMILES string of the molecule is CNC(c1c(OC)cnn1C)C1Cc2ccccc2C1. The van der Waals surface area contributed by atoms with Crippen LogP contribution in [-0.2, 0) is 19.9 Å². The maximum atomic E-state index is 5.46. The van der Waals surface area contributed by atoms with Gasteiger partial charge in [0.2, 0.25) is 0 Å². The van der Waals surface area contributed by atoms with Gasteiger partial charge < -0.3 is 10.1 Å². The fourth-order valence-corrected chi connectivity index (χ4v) is 3.36. The maximum Gasteiger partial charge on any atom is 0.161 e. The standard InChI is InChI=1S/C16H21N3O/c1-17-15(16-14(20-3)10-18-19(16)2)13-8-11-6-4-5-7-12(11)9-13/h4-7,10,13,15,17H,8-9H2,1-3H3. The van der Waals surface area contributed by atoms with Crippen molar-refractivity contribution < 1.29 is 4.74 Å². The van der Waals surface area contributed by atoms with E-state index in [9.17, 15) is 0 Å². The van der Waals surface area contributed by atoms with Crippen molar-refractivity contribution >= 4 is 0 Å². The Labute approximate surface area is 119 Å². The lowest BCUT2D eigenvalue weighted by Crippen LogP contribution is -2.28. The predicted molar refractivity (Wildman–Crippen MR) is 78.9 cm³/mol. The quantitative estimate of drug-likeness (QED) is 0.925. The van der Waals surface area contributed by atoms with Crippen LogP contribution < -0.4 is 10.1 Å². The monoisotopic (exact) mass is 271 g/mol. The van der Waals surface area contributed by atoms with Crippen molar-refractivity contribution in [3.05, 3.63) is 47.3 Å². The second kappa shape index (κ2) is 5.29. The van der Waals surface area contributed by atoms with Gasteiger partial charge in [0, 0.05) is 7.05 Å². The lowest BCUT2D eigenvalue weighted by Gasteiger charge is -2.24. The van der Waals surface area contributed by atoms with E-state index in [0.717, 1.165) is 24.3 Å². The molecule has 4 heteroatoms. The molecule has 0 bridgehead atoms. The number of nitrogens with one attached hydrogen (secondary N) is 1. The Bertz CT molecular complexity index is 581. The van der Waals surface area contributed by atoms with E-state index in [0.29, 0.717) is 5.92 Å². The molecular weight excluding hydrogens is 250 g/mol. The van der Waals surface area contributed by atoms with E-state index >= 15 is 0 Å². The van der Waals surface area contributed by atoms with E-state index in [2.05, 4.69) is 34.7 Å². The minimum Gasteiger partial charge on any atom is -0.493 e. The summed E-state index contributed by atoms with van der Waals surface area (Å²) in [7, 11) is 5.70. The molecule has 106 valence electrons. The molecule has 1 aliphatic carbocycles. The van der Waals surface area contributed by atoms with Crippen LogP contribution >= 0.6 is 0 Å². The summed E-state index contributed by atoms with van der Waals surface area (Å²) in [5, 5.41) is 7.78. The third-order valence-electron chi connectivity index (χ3n) is 4.33. The number of aryl methyl sites for hydroxylation is 1. The number of hydrogen-bond acceptors (Lipinski definition) is 3. The van der Waals surface area contributed by atoms with E-state index in [1.54, 1.807) is 13.3 Å². The normalized spacial score (nSPS) is 16.1. The molecule has 0 spiro atoms. The van der Waals surface area contributed by atoms with Gasteiger partial charge >= 0.3 is 0 Å². The number of methoxy groups -OCH3 is 1. The summed E-state index contributed by atoms with van der Waals surface area (Å²) in [5.41, 5.74) is 4.07. The van der Waals surface area contributed by atoms with Crippen LogP contribution in [0.25, 0.3) is 0 Å². The Morgan fingerprint density at radius 2 is 1.95 bits per heavy atom. The van der Waals surface area contributed by atoms with Gasteiger partial charge in [0.15, 0.2) is 5.75 Å². The first-order valence-electron chi connectivity index (χ1n) is 7.04. The predicted octanol–water partition coefficient (Wildman–Crippen LogP) is 2.10. The van der Waals surface area contributed by atoms with Crippen molar-refractivity contribution in [2.24, 2.45) is 13.0 Å². The molecule has 20 heavy (non-hydrogen) atoms. The molecule has 0 radical (unpaired) electrons. The Kier molecular flexibility index (Phi) is 3.49. The molecule has 0 saturated carbocycles. The van der Waals surface area contributed by atoms with Gasteiger partial charge in [0.25, 0.3) is 0 Å². The average molecular weight is 271 g/mol. The van der Waals surface area contributed by atoms with Crippen LogP contribution in [0.1, 0.15) is 22.9 Å². The molecule has 1 aromatic carbocycles. The topological polar surface area (TPSA) is 39.1 Å². The lowest BCUT2D eigenvalue weighted by atomic mass is 9.93. The highest BCUT2D eigenvalue weighted by molar-refractivity contribution is 5.35. The molecule has 0 saturated heterocycles. The molecule has 1 heterocycles. The van der Waals surface area contributed by atoms with Gasteiger partial charge in [-0.15, -0.1) is 0 Å². The van der Waals surface area contributed by atoms with Gasteiger partial charge in [0.05, 0.1) is 25.0 Å². The van der Waals surface area contributed by atoms with Gasteiger partial charge in [-0.2, -0.15) is 5.10 Å². The molecular formula is C16H21N3O. The maximum absolute atomic E-state index is 5.46. The van der Waals surface area contributed by atoms with Gasteiger partial charge in [0.1, 0.15) is 0 Å². The van der Waals surface area contributed by atoms with Gasteiger partial charge in [-0.25, -0.2) is 0 Å². The summed E-state index contributed by atoms with van der Waals surface area (Å²) in [6.45, 7) is 0. The summed E-state index contributed by atoms with van der Waals surface area (Å²) in [5.74, 6) is 1.41. The summed E-state index contributed by atoms with van der Waals surface area (Å²) >= 11 is 0. The van der Waals surface area contributed by atoms with Crippen molar-refractivity contribution in [1.82, 2.24) is 15.1 Å². The zero-order valence-electron chi connectivity index (χ0n) is 12.3. The molecule has 1 aliphatic rings. The van der Waals surface area contributed by atoms with Crippen LogP contribution in [0, 0.1) is 5.92 Å². The fourth-order valence-electron chi connectivity index (χ4n) is 3.36. The molecule has 1 aromatic heterocycles. The number of rotatable bonds is 4. The van der Waals surface area contributed by atoms with Crippen LogP contribution in [-0.4, -0.2) is 23.9 Å². The average Bonchev–Trinajstić information content (AvgIpc) is 3.04. The largest absolute Gasteiger partial charge is 0.493 e. The minimum absolute atomic E-state index is 0.254. The fraction of sp³-hybridized carbons (Fsp3) is 0.438. The molecule has 2 aromatic rings. The molecule has 0 aliphatic heterocycles. The number of aromatic nitrogens is 2. The Balaban J connectivity index is 1.91. The Morgan fingerprint density at radius 1 is 1.30 bits per heavy atom. The van der Waals surface area contributed by atoms with Crippen molar-refractivity contribution in [3.8, 4) is 5.75 Å². The zero-order valence-corrected chi connectivity index (χ0v) is 12.3. The number of fused-ring (bicyclic) bond motifs is 1. The van der Waals surface area contributed by atoms with Crippen LogP contribution in [0.3, 0.4) is 0 Å². The first kappa shape index (κ1) is 13.2. The zero-order chi connectivity index (χ0) is 14.1. The molecule has 1 atom stereocenters. The van der Waals surface area contributed by atoms with Gasteiger partial charge in [-0.05, 0) is 36.9 Å². The van der Waals surface area contributed by atoms with Crippen LogP contribution in [0.4, 0.5) is 0 Å². The molecule has 0 fully saturated rings. The lowest BCUT2D eigenvalue weighted by molar-refractivity contribution is 0.349. The first-order chi connectivity index (χ1) is 9.74. The highest BCUT2D eigenvalue weighted by Crippen LogP contribution is 2.37. The first-order valence-corrected chi connectivity index (χ1v) is 7.04. The third-order valence-corrected chi connectivity index (χ3v) is 4.33. The van der Waals surface area contributed by atoms with Crippen molar-refractivity contribution in [2.45, 2.75) is 18.9 Å². The molecule has 1 N–H and O–H groups in total. The second-order valence-electron chi connectivity index (χ2n) is 5.43. The number of nitrogens with zero attached hydrogens (tertiary/aromatic N) is 2. The smallest absolute Gasteiger partial charge is 0.161 e. The van der Waals surface area contributed by atoms with Crippen molar-refractivity contribution in [2.75, 3.05) is 14.2 Å². The highest BCUT2D eigenvalue weighted by atomic mass is 16.5.